The van der Waals surface area contributed by atoms with Crippen molar-refractivity contribution >= 4 is 11.8 Å². The Bertz CT molecular complexity index is 260. The molecule has 1 N–H and O–H groups in total. The molecule has 0 aromatic heterocycles. The predicted molar refractivity (Wildman–Crippen MR) is 28.5 cm³/mol. The maximum absolute atomic E-state index is 12.1. The summed E-state index contributed by atoms with van der Waals surface area (Å²) in [6.07, 6.45) is -4.37. The number of ketones is 1. The molecule has 0 aliphatic heterocycles. The molecule has 0 heterocycles. The van der Waals surface area contributed by atoms with Crippen LogP contribution in [0, 0.1) is 0 Å². The first-order valence-corrected chi connectivity index (χ1v) is 2.86. The zero-order valence-corrected chi connectivity index (χ0v) is 6.11. The van der Waals surface area contributed by atoms with E-state index in [2.05, 4.69) is 0 Å². The highest BCUT2D eigenvalue weighted by Crippen LogP contribution is 2.36. The van der Waals surface area contributed by atoms with Crippen molar-refractivity contribution in [3.63, 3.8) is 0 Å². The van der Waals surface area contributed by atoms with E-state index in [1.54, 1.807) is 0 Å². The molecular weight excluding hydrogens is 222 g/mol. The average molecular weight is 224 g/mol. The van der Waals surface area contributed by atoms with Gasteiger partial charge in [-0.25, -0.2) is 13.6 Å². The van der Waals surface area contributed by atoms with Crippen LogP contribution in [-0.2, 0) is 9.59 Å². The van der Waals surface area contributed by atoms with Gasteiger partial charge < -0.3 is 5.11 Å². The second-order valence-electron chi connectivity index (χ2n) is 2.12. The monoisotopic (exact) mass is 224 g/mol. The average Bonchev–Trinajstić information content (AvgIpc) is 2.01. The zero-order chi connectivity index (χ0) is 11.7. The van der Waals surface area contributed by atoms with Gasteiger partial charge in [-0.2, -0.15) is 17.6 Å². The molecular formula is C5H2F6O3. The Hall–Kier alpha value is -1.28. The number of carboxylic acids is 1. The molecule has 0 saturated carbocycles. The van der Waals surface area contributed by atoms with Crippen molar-refractivity contribution in [2.45, 2.75) is 18.3 Å². The Labute approximate surface area is 72.3 Å². The number of alkyl halides is 6. The fraction of sp³-hybridized carbons (Fsp3) is 0.600. The van der Waals surface area contributed by atoms with Crippen molar-refractivity contribution in [2.75, 3.05) is 0 Å². The second kappa shape index (κ2) is 3.46. The van der Waals surface area contributed by atoms with Gasteiger partial charge in [0, 0.05) is 0 Å². The van der Waals surface area contributed by atoms with Gasteiger partial charge in [-0.05, 0) is 0 Å². The standard InChI is InChI=1S/C5H2F6O3/c6-2(7)1(12)4(8,9)5(10,11)3(13)14/h2H,(H,13,14). The van der Waals surface area contributed by atoms with Gasteiger partial charge >= 0.3 is 24.2 Å². The SMILES string of the molecule is O=C(O)C(F)(F)C(F)(F)C(=O)C(F)F. The largest absolute Gasteiger partial charge is 0.477 e. The Kier molecular flexibility index (Phi) is 3.15. The first kappa shape index (κ1) is 12.7. The molecule has 0 aromatic rings. The molecule has 0 saturated heterocycles. The van der Waals surface area contributed by atoms with Crippen molar-refractivity contribution < 1.29 is 41.0 Å². The smallest absolute Gasteiger partial charge is 0.411 e. The summed E-state index contributed by atoms with van der Waals surface area (Å²) in [4.78, 5) is 19.4. The van der Waals surface area contributed by atoms with E-state index in [4.69, 9.17) is 5.11 Å². The summed E-state index contributed by atoms with van der Waals surface area (Å²) in [5, 5.41) is 7.58. The highest BCUT2D eigenvalue weighted by atomic mass is 19.3. The topological polar surface area (TPSA) is 54.4 Å². The second-order valence-corrected chi connectivity index (χ2v) is 2.12. The van der Waals surface area contributed by atoms with Crippen molar-refractivity contribution in [3.05, 3.63) is 0 Å². The maximum Gasteiger partial charge on any atom is 0.411 e. The molecule has 0 radical (unpaired) electrons. The van der Waals surface area contributed by atoms with Crippen molar-refractivity contribution in [1.29, 1.82) is 0 Å². The lowest BCUT2D eigenvalue weighted by molar-refractivity contribution is -0.225. The number of aliphatic carboxylic acids is 1. The molecule has 3 nitrogen and oxygen atoms in total. The summed E-state index contributed by atoms with van der Waals surface area (Å²) in [6, 6.07) is 0. The maximum atomic E-state index is 12.1. The lowest BCUT2D eigenvalue weighted by Crippen LogP contribution is -2.54. The summed E-state index contributed by atoms with van der Waals surface area (Å²) in [5.74, 6) is -18.5. The number of Topliss-reactive ketones (excluding diaryl/α,β-unsaturated/α-hetero) is 1. The lowest BCUT2D eigenvalue weighted by Gasteiger charge is -2.20. The summed E-state index contributed by atoms with van der Waals surface area (Å²) < 4.78 is 71.1. The first-order valence-electron chi connectivity index (χ1n) is 2.86. The normalized spacial score (nSPS) is 13.1. The van der Waals surface area contributed by atoms with Gasteiger partial charge in [0.15, 0.2) is 0 Å². The number of halogens is 6. The highest BCUT2D eigenvalue weighted by molar-refractivity contribution is 5.95. The van der Waals surface area contributed by atoms with E-state index in [9.17, 15) is 35.9 Å². The molecule has 82 valence electrons. The van der Waals surface area contributed by atoms with Crippen LogP contribution in [0.3, 0.4) is 0 Å². The minimum atomic E-state index is -5.92. The van der Waals surface area contributed by atoms with Crippen molar-refractivity contribution in [3.8, 4) is 0 Å². The summed E-state index contributed by atoms with van der Waals surface area (Å²) in [6.45, 7) is 0. The minimum Gasteiger partial charge on any atom is -0.477 e. The van der Waals surface area contributed by atoms with Crippen LogP contribution in [0.15, 0.2) is 0 Å². The number of carbonyl (C=O) groups excluding carboxylic acids is 1. The lowest BCUT2D eigenvalue weighted by atomic mass is 10.1. The minimum absolute atomic E-state index is 3.35. The molecule has 0 unspecified atom stereocenters. The van der Waals surface area contributed by atoms with E-state index in [0.29, 0.717) is 0 Å². The van der Waals surface area contributed by atoms with Crippen molar-refractivity contribution in [1.82, 2.24) is 0 Å². The van der Waals surface area contributed by atoms with Crippen LogP contribution in [0.2, 0.25) is 0 Å². The molecule has 0 atom stereocenters. The van der Waals surface area contributed by atoms with Crippen LogP contribution in [0.4, 0.5) is 26.3 Å². The molecule has 0 fully saturated rings. The summed E-state index contributed by atoms with van der Waals surface area (Å²) >= 11 is 0. The third-order valence-electron chi connectivity index (χ3n) is 1.17. The van der Waals surface area contributed by atoms with Crippen LogP contribution in [0.5, 0.6) is 0 Å². The van der Waals surface area contributed by atoms with E-state index in [0.717, 1.165) is 0 Å². The quantitative estimate of drug-likeness (QED) is 0.729. The third kappa shape index (κ3) is 1.80. The van der Waals surface area contributed by atoms with E-state index in [1.165, 1.54) is 0 Å². The fourth-order valence-corrected chi connectivity index (χ4v) is 0.426. The van der Waals surface area contributed by atoms with Gasteiger partial charge in [0.05, 0.1) is 0 Å². The zero-order valence-electron chi connectivity index (χ0n) is 6.11. The first-order chi connectivity index (χ1) is 6.05. The highest BCUT2D eigenvalue weighted by Gasteiger charge is 2.68. The summed E-state index contributed by atoms with van der Waals surface area (Å²) in [5.41, 5.74) is 0. The van der Waals surface area contributed by atoms with E-state index >= 15 is 0 Å². The Balaban J connectivity index is 5.14. The molecule has 9 heteroatoms. The van der Waals surface area contributed by atoms with E-state index in [1.807, 2.05) is 0 Å². The Morgan fingerprint density at radius 1 is 1.00 bits per heavy atom. The van der Waals surface area contributed by atoms with Gasteiger partial charge in [-0.3, -0.25) is 4.79 Å². The number of rotatable bonds is 4. The van der Waals surface area contributed by atoms with Crippen LogP contribution in [0.25, 0.3) is 0 Å². The number of hydrogen-bond acceptors (Lipinski definition) is 2. The van der Waals surface area contributed by atoms with Gasteiger partial charge in [-0.15, -0.1) is 0 Å². The van der Waals surface area contributed by atoms with E-state index in [-0.39, 0.29) is 0 Å². The third-order valence-corrected chi connectivity index (χ3v) is 1.17. The summed E-state index contributed by atoms with van der Waals surface area (Å²) in [7, 11) is 0. The number of carboxylic acid groups (broad SMARTS) is 1. The van der Waals surface area contributed by atoms with Crippen LogP contribution in [0.1, 0.15) is 0 Å². The predicted octanol–water partition coefficient (Wildman–Crippen LogP) is 1.18. The molecule has 0 bridgehead atoms. The molecule has 0 aliphatic rings. The van der Waals surface area contributed by atoms with Crippen LogP contribution >= 0.6 is 0 Å². The Morgan fingerprint density at radius 3 is 1.57 bits per heavy atom. The molecule has 14 heavy (non-hydrogen) atoms. The molecule has 0 rings (SSSR count). The van der Waals surface area contributed by atoms with Crippen molar-refractivity contribution in [2.24, 2.45) is 0 Å². The van der Waals surface area contributed by atoms with Gasteiger partial charge in [0.25, 0.3) is 5.78 Å². The molecule has 0 aliphatic carbocycles. The molecule has 0 spiro atoms. The number of carbonyl (C=O) groups is 2. The van der Waals surface area contributed by atoms with Gasteiger partial charge in [0.2, 0.25) is 0 Å². The number of hydrogen-bond donors (Lipinski definition) is 1. The van der Waals surface area contributed by atoms with Crippen LogP contribution in [-0.4, -0.2) is 35.1 Å². The Morgan fingerprint density at radius 2 is 1.36 bits per heavy atom. The fourth-order valence-electron chi connectivity index (χ4n) is 0.426. The molecule has 0 aromatic carbocycles. The van der Waals surface area contributed by atoms with Gasteiger partial charge in [-0.1, -0.05) is 0 Å². The van der Waals surface area contributed by atoms with Crippen LogP contribution < -0.4 is 0 Å². The van der Waals surface area contributed by atoms with Gasteiger partial charge in [0.1, 0.15) is 0 Å². The van der Waals surface area contributed by atoms with E-state index < -0.39 is 30.0 Å². The molecule has 0 amide bonds.